The number of amides is 1. The Morgan fingerprint density at radius 1 is 1.12 bits per heavy atom. The molecule has 122 valence electrons. The van der Waals surface area contributed by atoms with Gasteiger partial charge in [-0.25, -0.2) is 0 Å². The number of hydrogen-bond acceptors (Lipinski definition) is 4. The number of fused-ring (bicyclic) bond motifs is 2. The lowest BCUT2D eigenvalue weighted by Crippen LogP contribution is -2.25. The third-order valence-corrected chi connectivity index (χ3v) is 4.39. The van der Waals surface area contributed by atoms with Gasteiger partial charge in [-0.2, -0.15) is 0 Å². The number of nitrogens with zero attached hydrogens (tertiary/aromatic N) is 1. The molecule has 1 aromatic heterocycles. The van der Waals surface area contributed by atoms with Crippen molar-refractivity contribution in [2.75, 3.05) is 13.8 Å². The monoisotopic (exact) mass is 387 g/mol. The van der Waals surface area contributed by atoms with Crippen LogP contribution < -0.4 is 9.47 Å². The lowest BCUT2D eigenvalue weighted by molar-refractivity contribution is 0.0755. The minimum Gasteiger partial charge on any atom is -0.454 e. The molecule has 0 fully saturated rings. The van der Waals surface area contributed by atoms with E-state index in [1.807, 2.05) is 36.4 Å². The molecule has 3 aromatic rings. The second-order valence-electron chi connectivity index (χ2n) is 5.64. The second-order valence-corrected chi connectivity index (χ2v) is 6.56. The molecule has 4 rings (SSSR count). The highest BCUT2D eigenvalue weighted by atomic mass is 79.9. The van der Waals surface area contributed by atoms with E-state index in [4.69, 9.17) is 13.9 Å². The smallest absolute Gasteiger partial charge is 0.289 e. The van der Waals surface area contributed by atoms with E-state index in [0.717, 1.165) is 21.2 Å². The van der Waals surface area contributed by atoms with Gasteiger partial charge >= 0.3 is 0 Å². The standard InChI is InChI=1S/C18H14BrNO4/c1-20(9-11-2-4-15-16(6-11)23-10-22-15)18(21)17-8-12-7-13(19)3-5-14(12)24-17/h2-8H,9-10H2,1H3. The molecule has 5 nitrogen and oxygen atoms in total. The molecule has 0 bridgehead atoms. The number of carbonyl (C=O) groups excluding carboxylic acids is 1. The summed E-state index contributed by atoms with van der Waals surface area (Å²) in [6, 6.07) is 13.1. The van der Waals surface area contributed by atoms with Crippen LogP contribution in [0.1, 0.15) is 16.1 Å². The van der Waals surface area contributed by atoms with Crippen LogP contribution >= 0.6 is 15.9 Å². The number of ether oxygens (including phenoxy) is 2. The molecular weight excluding hydrogens is 374 g/mol. The van der Waals surface area contributed by atoms with Crippen molar-refractivity contribution < 1.29 is 18.7 Å². The molecule has 0 unspecified atom stereocenters. The summed E-state index contributed by atoms with van der Waals surface area (Å²) in [5.74, 6) is 1.60. The van der Waals surface area contributed by atoms with Crippen LogP contribution in [0.5, 0.6) is 11.5 Å². The number of rotatable bonds is 3. The second kappa shape index (κ2) is 5.87. The first kappa shape index (κ1) is 15.1. The summed E-state index contributed by atoms with van der Waals surface area (Å²) in [6.45, 7) is 0.693. The van der Waals surface area contributed by atoms with E-state index in [2.05, 4.69) is 15.9 Å². The Kier molecular flexibility index (Phi) is 3.69. The Hall–Kier alpha value is -2.47. The van der Waals surface area contributed by atoms with Gasteiger partial charge in [0.25, 0.3) is 5.91 Å². The van der Waals surface area contributed by atoms with Gasteiger partial charge in [0.15, 0.2) is 17.3 Å². The van der Waals surface area contributed by atoms with Crippen LogP contribution in [0, 0.1) is 0 Å². The highest BCUT2D eigenvalue weighted by Crippen LogP contribution is 2.33. The number of hydrogen-bond donors (Lipinski definition) is 0. The fraction of sp³-hybridized carbons (Fsp3) is 0.167. The third kappa shape index (κ3) is 2.73. The summed E-state index contributed by atoms with van der Waals surface area (Å²) >= 11 is 3.42. The molecule has 1 aliphatic rings. The first-order valence-electron chi connectivity index (χ1n) is 7.43. The largest absolute Gasteiger partial charge is 0.454 e. The maximum Gasteiger partial charge on any atom is 0.289 e. The summed E-state index contributed by atoms with van der Waals surface area (Å²) in [4.78, 5) is 14.2. The predicted octanol–water partition coefficient (Wildman–Crippen LogP) is 4.20. The molecule has 0 spiro atoms. The topological polar surface area (TPSA) is 51.9 Å². The molecule has 2 aromatic carbocycles. The van der Waals surface area contributed by atoms with Crippen LogP contribution in [-0.4, -0.2) is 24.6 Å². The SMILES string of the molecule is CN(Cc1ccc2c(c1)OCO2)C(=O)c1cc2cc(Br)ccc2o1. The average molecular weight is 388 g/mol. The number of benzene rings is 2. The van der Waals surface area contributed by atoms with Crippen LogP contribution in [0.2, 0.25) is 0 Å². The molecule has 0 aliphatic carbocycles. The van der Waals surface area contributed by atoms with Gasteiger partial charge in [0.05, 0.1) is 0 Å². The summed E-state index contributed by atoms with van der Waals surface area (Å²) < 4.78 is 17.3. The van der Waals surface area contributed by atoms with Crippen molar-refractivity contribution in [3.8, 4) is 11.5 Å². The summed E-state index contributed by atoms with van der Waals surface area (Å²) in [6.07, 6.45) is 0. The lowest BCUT2D eigenvalue weighted by Gasteiger charge is -2.16. The molecule has 24 heavy (non-hydrogen) atoms. The van der Waals surface area contributed by atoms with Crippen molar-refractivity contribution in [1.29, 1.82) is 0 Å². The molecule has 0 radical (unpaired) electrons. The summed E-state index contributed by atoms with van der Waals surface area (Å²) in [5, 5.41) is 0.893. The fourth-order valence-corrected chi connectivity index (χ4v) is 3.07. The first-order valence-corrected chi connectivity index (χ1v) is 8.22. The van der Waals surface area contributed by atoms with E-state index in [1.54, 1.807) is 18.0 Å². The number of carbonyl (C=O) groups is 1. The molecule has 0 N–H and O–H groups in total. The minimum absolute atomic E-state index is 0.167. The van der Waals surface area contributed by atoms with Crippen LogP contribution in [-0.2, 0) is 6.54 Å². The van der Waals surface area contributed by atoms with E-state index in [-0.39, 0.29) is 12.7 Å². The molecule has 0 saturated carbocycles. The van der Waals surface area contributed by atoms with E-state index >= 15 is 0 Å². The van der Waals surface area contributed by atoms with Gasteiger partial charge in [0.2, 0.25) is 6.79 Å². The molecule has 1 aliphatic heterocycles. The fourth-order valence-electron chi connectivity index (χ4n) is 2.69. The third-order valence-electron chi connectivity index (χ3n) is 3.89. The Morgan fingerprint density at radius 3 is 2.83 bits per heavy atom. The first-order chi connectivity index (χ1) is 11.6. The van der Waals surface area contributed by atoms with Gasteiger partial charge in [-0.05, 0) is 42.0 Å². The van der Waals surface area contributed by atoms with Crippen molar-refractivity contribution in [2.45, 2.75) is 6.54 Å². The zero-order chi connectivity index (χ0) is 16.7. The predicted molar refractivity (Wildman–Crippen MR) is 92.3 cm³/mol. The zero-order valence-corrected chi connectivity index (χ0v) is 14.5. The number of halogens is 1. The van der Waals surface area contributed by atoms with Gasteiger partial charge < -0.3 is 18.8 Å². The summed E-state index contributed by atoms with van der Waals surface area (Å²) in [7, 11) is 1.75. The van der Waals surface area contributed by atoms with Crippen LogP contribution in [0.15, 0.2) is 51.4 Å². The van der Waals surface area contributed by atoms with Crippen LogP contribution in [0.3, 0.4) is 0 Å². The van der Waals surface area contributed by atoms with Gasteiger partial charge in [0, 0.05) is 23.5 Å². The molecular formula is C18H14BrNO4. The zero-order valence-electron chi connectivity index (χ0n) is 12.9. The maximum absolute atomic E-state index is 12.6. The molecule has 2 heterocycles. The number of furan rings is 1. The normalized spacial score (nSPS) is 12.6. The van der Waals surface area contributed by atoms with Crippen molar-refractivity contribution in [2.24, 2.45) is 0 Å². The highest BCUT2D eigenvalue weighted by molar-refractivity contribution is 9.10. The van der Waals surface area contributed by atoms with E-state index < -0.39 is 0 Å². The van der Waals surface area contributed by atoms with Crippen molar-refractivity contribution in [1.82, 2.24) is 4.90 Å². The van der Waals surface area contributed by atoms with E-state index in [9.17, 15) is 4.79 Å². The van der Waals surface area contributed by atoms with E-state index in [1.165, 1.54) is 0 Å². The van der Waals surface area contributed by atoms with Crippen molar-refractivity contribution in [3.63, 3.8) is 0 Å². The minimum atomic E-state index is -0.167. The molecule has 1 amide bonds. The van der Waals surface area contributed by atoms with Gasteiger partial charge in [0.1, 0.15) is 5.58 Å². The molecule has 6 heteroatoms. The van der Waals surface area contributed by atoms with Gasteiger partial charge in [-0.15, -0.1) is 0 Å². The van der Waals surface area contributed by atoms with Gasteiger partial charge in [-0.1, -0.05) is 22.0 Å². The van der Waals surface area contributed by atoms with Crippen LogP contribution in [0.4, 0.5) is 0 Å². The van der Waals surface area contributed by atoms with Crippen molar-refractivity contribution in [3.05, 3.63) is 58.3 Å². The highest BCUT2D eigenvalue weighted by Gasteiger charge is 2.19. The maximum atomic E-state index is 12.6. The van der Waals surface area contributed by atoms with Crippen molar-refractivity contribution >= 4 is 32.8 Å². The molecule has 0 saturated heterocycles. The van der Waals surface area contributed by atoms with Gasteiger partial charge in [-0.3, -0.25) is 4.79 Å². The Bertz CT molecular complexity index is 934. The Morgan fingerprint density at radius 2 is 1.96 bits per heavy atom. The van der Waals surface area contributed by atoms with E-state index in [0.29, 0.717) is 23.6 Å². The summed E-state index contributed by atoms with van der Waals surface area (Å²) in [5.41, 5.74) is 1.66. The Labute approximate surface area is 146 Å². The Balaban J connectivity index is 1.54. The van der Waals surface area contributed by atoms with Crippen LogP contribution in [0.25, 0.3) is 11.0 Å². The average Bonchev–Trinajstić information content (AvgIpc) is 3.19. The molecule has 0 atom stereocenters. The quantitative estimate of drug-likeness (QED) is 0.675. The lowest BCUT2D eigenvalue weighted by atomic mass is 10.2.